The van der Waals surface area contributed by atoms with Gasteiger partial charge in [0.25, 0.3) is 0 Å². The van der Waals surface area contributed by atoms with Crippen LogP contribution in [0.2, 0.25) is 0 Å². The van der Waals surface area contributed by atoms with Crippen molar-refractivity contribution in [3.63, 3.8) is 0 Å². The van der Waals surface area contributed by atoms with Gasteiger partial charge >= 0.3 is 0 Å². The lowest BCUT2D eigenvalue weighted by Gasteiger charge is -2.10. The van der Waals surface area contributed by atoms with Crippen molar-refractivity contribution in [2.45, 2.75) is 6.42 Å². The molecule has 0 aromatic rings. The molecule has 4 heteroatoms. The highest BCUT2D eigenvalue weighted by atomic mass is 35.5. The van der Waals surface area contributed by atoms with Crippen LogP contribution in [-0.2, 0) is 9.47 Å². The third-order valence-electron chi connectivity index (χ3n) is 2.39. The van der Waals surface area contributed by atoms with Crippen LogP contribution in [0.25, 0.3) is 0 Å². The zero-order valence-corrected chi connectivity index (χ0v) is 8.26. The van der Waals surface area contributed by atoms with Gasteiger partial charge in [-0.3, -0.25) is 0 Å². The van der Waals surface area contributed by atoms with Gasteiger partial charge in [-0.25, -0.2) is 0 Å². The Morgan fingerprint density at radius 1 is 1.14 bits per heavy atom. The molecule has 0 radical (unpaired) electrons. The van der Waals surface area contributed by atoms with Crippen LogP contribution in [0.5, 0.6) is 0 Å². The average Bonchev–Trinajstić information content (AvgIpc) is 2.63. The second-order valence-electron chi connectivity index (χ2n) is 3.28. The number of fused-ring (bicyclic) bond motifs is 1. The lowest BCUT2D eigenvalue weighted by Crippen LogP contribution is -1.96. The molecule has 74 valence electrons. The molecular weight excluding hydrogens is 202 g/mol. The van der Waals surface area contributed by atoms with Crippen molar-refractivity contribution in [1.29, 1.82) is 0 Å². The smallest absolute Gasteiger partial charge is 0.230 e. The Bertz CT molecular complexity index is 404. The molecule has 0 unspecified atom stereocenters. The molecule has 2 N–H and O–H groups in total. The van der Waals surface area contributed by atoms with Gasteiger partial charge in [-0.15, -0.1) is 12.4 Å². The lowest BCUT2D eigenvalue weighted by atomic mass is 9.99. The Kier molecular flexibility index (Phi) is 2.04. The molecule has 0 aromatic carbocycles. The van der Waals surface area contributed by atoms with Crippen LogP contribution in [0.3, 0.4) is 0 Å². The fourth-order valence-corrected chi connectivity index (χ4v) is 1.78. The third-order valence-corrected chi connectivity index (χ3v) is 2.39. The molecule has 3 rings (SSSR count). The van der Waals surface area contributed by atoms with E-state index in [2.05, 4.69) is 0 Å². The van der Waals surface area contributed by atoms with Crippen molar-refractivity contribution in [1.82, 2.24) is 0 Å². The molecule has 14 heavy (non-hydrogen) atoms. The molecule has 0 saturated heterocycles. The number of halogens is 1. The Morgan fingerprint density at radius 2 is 2.00 bits per heavy atom. The zero-order chi connectivity index (χ0) is 8.84. The van der Waals surface area contributed by atoms with E-state index < -0.39 is 0 Å². The van der Waals surface area contributed by atoms with Crippen LogP contribution >= 0.6 is 12.4 Å². The summed E-state index contributed by atoms with van der Waals surface area (Å²) in [5.74, 6) is 1.79. The first-order valence-corrected chi connectivity index (χ1v) is 4.21. The van der Waals surface area contributed by atoms with E-state index in [9.17, 15) is 0 Å². The maximum atomic E-state index is 5.69. The van der Waals surface area contributed by atoms with Crippen LogP contribution < -0.4 is 5.73 Å². The maximum absolute atomic E-state index is 5.69. The Hall–Kier alpha value is -1.35. The first-order valence-electron chi connectivity index (χ1n) is 4.21. The van der Waals surface area contributed by atoms with Gasteiger partial charge in [-0.2, -0.15) is 0 Å². The first kappa shape index (κ1) is 9.21. The topological polar surface area (TPSA) is 44.5 Å². The highest BCUT2D eigenvalue weighted by Crippen LogP contribution is 2.36. The summed E-state index contributed by atoms with van der Waals surface area (Å²) in [5, 5.41) is 0. The van der Waals surface area contributed by atoms with E-state index in [1.807, 2.05) is 18.2 Å². The largest absolute Gasteiger partial charge is 0.458 e. The zero-order valence-electron chi connectivity index (χ0n) is 7.45. The third kappa shape index (κ3) is 1.21. The van der Waals surface area contributed by atoms with Crippen LogP contribution in [0, 0.1) is 0 Å². The van der Waals surface area contributed by atoms with E-state index in [1.54, 1.807) is 0 Å². The summed E-state index contributed by atoms with van der Waals surface area (Å²) >= 11 is 0. The Balaban J connectivity index is 0.000000750. The van der Waals surface area contributed by atoms with E-state index in [0.717, 1.165) is 29.2 Å². The molecule has 2 aliphatic carbocycles. The van der Waals surface area contributed by atoms with Crippen molar-refractivity contribution < 1.29 is 9.47 Å². The van der Waals surface area contributed by atoms with E-state index in [-0.39, 0.29) is 12.4 Å². The molecule has 0 bridgehead atoms. The molecule has 0 fully saturated rings. The van der Waals surface area contributed by atoms with E-state index >= 15 is 0 Å². The maximum Gasteiger partial charge on any atom is 0.230 e. The van der Waals surface area contributed by atoms with Gasteiger partial charge in [0.15, 0.2) is 5.76 Å². The monoisotopic (exact) mass is 211 g/mol. The fourth-order valence-electron chi connectivity index (χ4n) is 1.78. The number of rotatable bonds is 0. The van der Waals surface area contributed by atoms with Crippen molar-refractivity contribution >= 4 is 12.4 Å². The molecular formula is C10H10ClNO2. The minimum atomic E-state index is 0. The summed E-state index contributed by atoms with van der Waals surface area (Å²) in [4.78, 5) is 0. The minimum absolute atomic E-state index is 0. The number of ether oxygens (including phenoxy) is 2. The van der Waals surface area contributed by atoms with Gasteiger partial charge in [-0.1, -0.05) is 0 Å². The summed E-state index contributed by atoms with van der Waals surface area (Å²) in [6.45, 7) is 0.348. The van der Waals surface area contributed by atoms with Crippen LogP contribution in [0.4, 0.5) is 0 Å². The molecule has 1 heterocycles. The van der Waals surface area contributed by atoms with Crippen molar-refractivity contribution in [2.75, 3.05) is 6.79 Å². The summed E-state index contributed by atoms with van der Waals surface area (Å²) in [6, 6.07) is 0. The standard InChI is InChI=1S/C10H9NO2.ClH/c11-8-1-6-3-9-10(13-5-12-9)4-7(6)2-8;/h1-3H,4-5,11H2;1H. The summed E-state index contributed by atoms with van der Waals surface area (Å²) in [7, 11) is 0. The molecule has 0 atom stereocenters. The van der Waals surface area contributed by atoms with Gasteiger partial charge < -0.3 is 15.2 Å². The molecule has 1 aliphatic heterocycles. The fraction of sp³-hybridized carbons (Fsp3) is 0.200. The van der Waals surface area contributed by atoms with Gasteiger partial charge in [-0.05, 0) is 29.4 Å². The van der Waals surface area contributed by atoms with Gasteiger partial charge in [0, 0.05) is 12.1 Å². The first-order chi connectivity index (χ1) is 6.33. The number of hydrogen-bond acceptors (Lipinski definition) is 3. The Morgan fingerprint density at radius 3 is 2.86 bits per heavy atom. The molecule has 3 aliphatic rings. The summed E-state index contributed by atoms with van der Waals surface area (Å²) in [6.07, 6.45) is 6.73. The van der Waals surface area contributed by atoms with E-state index in [4.69, 9.17) is 15.2 Å². The second kappa shape index (κ2) is 3.10. The van der Waals surface area contributed by atoms with Crippen LogP contribution in [-0.4, -0.2) is 6.79 Å². The molecule has 0 amide bonds. The van der Waals surface area contributed by atoms with Crippen molar-refractivity contribution in [3.05, 3.63) is 46.6 Å². The number of hydrogen-bond donors (Lipinski definition) is 1. The lowest BCUT2D eigenvalue weighted by molar-refractivity contribution is 0.0736. The Labute approximate surface area is 88.0 Å². The minimum Gasteiger partial charge on any atom is -0.458 e. The quantitative estimate of drug-likeness (QED) is 0.664. The summed E-state index contributed by atoms with van der Waals surface area (Å²) in [5.41, 5.74) is 8.87. The van der Waals surface area contributed by atoms with Gasteiger partial charge in [0.1, 0.15) is 5.76 Å². The van der Waals surface area contributed by atoms with Crippen molar-refractivity contribution in [2.24, 2.45) is 5.73 Å². The molecule has 0 aromatic heterocycles. The van der Waals surface area contributed by atoms with E-state index in [1.165, 1.54) is 5.57 Å². The SMILES string of the molecule is Cl.NC1=CC2=CC3=C(CC2=C1)OCO3. The molecule has 0 spiro atoms. The van der Waals surface area contributed by atoms with Crippen LogP contribution in [0.15, 0.2) is 46.6 Å². The van der Waals surface area contributed by atoms with Gasteiger partial charge in [0.2, 0.25) is 6.79 Å². The van der Waals surface area contributed by atoms with Crippen molar-refractivity contribution in [3.8, 4) is 0 Å². The number of allylic oxidation sites excluding steroid dienone is 5. The van der Waals surface area contributed by atoms with E-state index in [0.29, 0.717) is 6.79 Å². The predicted molar refractivity (Wildman–Crippen MR) is 54.4 cm³/mol. The van der Waals surface area contributed by atoms with Gasteiger partial charge in [0.05, 0.1) is 0 Å². The number of nitrogens with two attached hydrogens (primary N) is 1. The average molecular weight is 212 g/mol. The molecule has 0 saturated carbocycles. The predicted octanol–water partition coefficient (Wildman–Crippen LogP) is 1.74. The normalized spacial score (nSPS) is 22.1. The van der Waals surface area contributed by atoms with Crippen LogP contribution in [0.1, 0.15) is 6.42 Å². The highest BCUT2D eigenvalue weighted by Gasteiger charge is 2.25. The summed E-state index contributed by atoms with van der Waals surface area (Å²) < 4.78 is 10.6. The molecule has 3 nitrogen and oxygen atoms in total. The highest BCUT2D eigenvalue weighted by molar-refractivity contribution is 5.85. The second-order valence-corrected chi connectivity index (χ2v) is 3.28.